The van der Waals surface area contributed by atoms with Crippen molar-refractivity contribution in [3.8, 4) is 0 Å². The van der Waals surface area contributed by atoms with Crippen molar-refractivity contribution in [1.82, 2.24) is 4.90 Å². The number of carbonyl (C=O) groups is 2. The van der Waals surface area contributed by atoms with Gasteiger partial charge < -0.3 is 18.3 Å². The Morgan fingerprint density at radius 3 is 2.29 bits per heavy atom. The van der Waals surface area contributed by atoms with E-state index in [1.165, 1.54) is 0 Å². The number of fused-ring (bicyclic) bond motifs is 1. The van der Waals surface area contributed by atoms with E-state index in [0.717, 1.165) is 25.1 Å². The summed E-state index contributed by atoms with van der Waals surface area (Å²) in [5, 5.41) is 0. The largest absolute Gasteiger partial charge is 0.459 e. The fourth-order valence-electron chi connectivity index (χ4n) is 4.97. The molecule has 7 nitrogen and oxygen atoms in total. The van der Waals surface area contributed by atoms with Crippen LogP contribution in [0.1, 0.15) is 41.0 Å². The molecule has 0 aliphatic carbocycles. The molecule has 9 heteroatoms. The minimum atomic E-state index is -2.13. The van der Waals surface area contributed by atoms with E-state index in [-0.39, 0.29) is 36.6 Å². The highest BCUT2D eigenvalue weighted by atomic mass is 28.4. The quantitative estimate of drug-likeness (QED) is 0.164. The van der Waals surface area contributed by atoms with Gasteiger partial charge in [-0.2, -0.15) is 0 Å². The molecule has 0 radical (unpaired) electrons. The molecule has 0 saturated carbocycles. The molecule has 2 aliphatic rings. The van der Waals surface area contributed by atoms with Gasteiger partial charge in [-0.3, -0.25) is 4.90 Å². The van der Waals surface area contributed by atoms with Crippen LogP contribution in [0.2, 0.25) is 39.3 Å². The number of rotatable bonds is 11. The van der Waals surface area contributed by atoms with E-state index in [0.29, 0.717) is 5.57 Å². The molecule has 0 aromatic heterocycles. The Balaban J connectivity index is 2.23. The van der Waals surface area contributed by atoms with Crippen LogP contribution < -0.4 is 0 Å². The van der Waals surface area contributed by atoms with E-state index < -0.39 is 28.3 Å². The van der Waals surface area contributed by atoms with Gasteiger partial charge in [0, 0.05) is 18.7 Å². The van der Waals surface area contributed by atoms with Gasteiger partial charge in [-0.1, -0.05) is 26.0 Å². The van der Waals surface area contributed by atoms with Gasteiger partial charge in [0.2, 0.25) is 0 Å². The second-order valence-electron chi connectivity index (χ2n) is 12.0. The standard InChI is InChI=1S/C26H47NO6Si2/c1-12-19(4)24(28)31-22-14-16-27-15-13-21(23(22)27)17-30-25(29)26(18(2)3,33-35(9,10)11)20(5)32-34(6,7)8/h12-13,18,20,22-23H,14-17H2,1-11H3/b19-12+/t20-,22-,23+,26-/m0/s1. The molecule has 0 spiro atoms. The minimum Gasteiger partial charge on any atom is -0.459 e. The molecular weight excluding hydrogens is 478 g/mol. The molecule has 2 rings (SSSR count). The Morgan fingerprint density at radius 2 is 1.77 bits per heavy atom. The molecule has 2 aliphatic heterocycles. The number of esters is 2. The second-order valence-corrected chi connectivity index (χ2v) is 20.9. The predicted octanol–water partition coefficient (Wildman–Crippen LogP) is 4.91. The van der Waals surface area contributed by atoms with E-state index in [1.807, 2.05) is 27.7 Å². The third kappa shape index (κ3) is 7.38. The van der Waals surface area contributed by atoms with Crippen LogP contribution in [0, 0.1) is 5.92 Å². The normalized spacial score (nSPS) is 24.1. The SMILES string of the molecule is C/C=C(\C)C(=O)O[C@H]1CCN2CC=C(COC(=O)[C@](O[Si](C)(C)C)(C(C)C)[C@H](C)O[Si](C)(C)C)[C@H]12. The van der Waals surface area contributed by atoms with Crippen LogP contribution in [0.3, 0.4) is 0 Å². The average Bonchev–Trinajstić information content (AvgIpc) is 3.30. The van der Waals surface area contributed by atoms with E-state index in [4.69, 9.17) is 18.3 Å². The zero-order valence-electron chi connectivity index (χ0n) is 23.7. The fourth-order valence-corrected chi connectivity index (χ4v) is 7.71. The summed E-state index contributed by atoms with van der Waals surface area (Å²) < 4.78 is 24.9. The first kappa shape index (κ1) is 30.0. The summed E-state index contributed by atoms with van der Waals surface area (Å²) in [5.41, 5.74) is 0.393. The fraction of sp³-hybridized carbons (Fsp3) is 0.769. The maximum absolute atomic E-state index is 13.8. The first-order valence-corrected chi connectivity index (χ1v) is 19.7. The number of hydrogen-bond donors (Lipinski definition) is 0. The maximum atomic E-state index is 13.8. The Kier molecular flexibility index (Phi) is 9.77. The van der Waals surface area contributed by atoms with Crippen LogP contribution in [0.15, 0.2) is 23.3 Å². The molecule has 0 aromatic carbocycles. The van der Waals surface area contributed by atoms with E-state index in [2.05, 4.69) is 50.3 Å². The number of hydrogen-bond acceptors (Lipinski definition) is 7. The van der Waals surface area contributed by atoms with E-state index in [1.54, 1.807) is 13.0 Å². The maximum Gasteiger partial charge on any atom is 0.340 e. The lowest BCUT2D eigenvalue weighted by molar-refractivity contribution is -0.178. The lowest BCUT2D eigenvalue weighted by Gasteiger charge is -2.45. The highest BCUT2D eigenvalue weighted by molar-refractivity contribution is 6.70. The van der Waals surface area contributed by atoms with E-state index >= 15 is 0 Å². The first-order chi connectivity index (χ1) is 16.0. The number of carbonyl (C=O) groups excluding carboxylic acids is 2. The first-order valence-electron chi connectivity index (χ1n) is 12.8. The Bertz CT molecular complexity index is 842. The summed E-state index contributed by atoms with van der Waals surface area (Å²) in [4.78, 5) is 28.5. The lowest BCUT2D eigenvalue weighted by Crippen LogP contribution is -2.62. The third-order valence-corrected chi connectivity index (χ3v) is 8.59. The lowest BCUT2D eigenvalue weighted by atomic mass is 9.85. The molecule has 0 bridgehead atoms. The number of allylic oxidation sites excluding steroid dienone is 1. The molecule has 0 amide bonds. The smallest absolute Gasteiger partial charge is 0.340 e. The molecule has 1 fully saturated rings. The topological polar surface area (TPSA) is 74.3 Å². The summed E-state index contributed by atoms with van der Waals surface area (Å²) >= 11 is 0. The summed E-state index contributed by atoms with van der Waals surface area (Å²) in [6.07, 6.45) is 3.95. The van der Waals surface area contributed by atoms with Gasteiger partial charge in [-0.05, 0) is 78.0 Å². The van der Waals surface area contributed by atoms with Crippen molar-refractivity contribution in [2.75, 3.05) is 19.7 Å². The van der Waals surface area contributed by atoms with Gasteiger partial charge in [-0.15, -0.1) is 0 Å². The monoisotopic (exact) mass is 525 g/mol. The van der Waals surface area contributed by atoms with Crippen molar-refractivity contribution in [1.29, 1.82) is 0 Å². The summed E-state index contributed by atoms with van der Waals surface area (Å²) in [6, 6.07) is -0.0570. The molecule has 0 unspecified atom stereocenters. The van der Waals surface area contributed by atoms with Crippen molar-refractivity contribution in [3.05, 3.63) is 23.3 Å². The summed E-state index contributed by atoms with van der Waals surface area (Å²) in [6.45, 7) is 23.9. The number of nitrogens with zero attached hydrogens (tertiary/aromatic N) is 1. The Morgan fingerprint density at radius 1 is 1.14 bits per heavy atom. The highest BCUT2D eigenvalue weighted by Crippen LogP contribution is 2.36. The Labute approximate surface area is 214 Å². The molecule has 35 heavy (non-hydrogen) atoms. The zero-order chi connectivity index (χ0) is 26.8. The predicted molar refractivity (Wildman–Crippen MR) is 144 cm³/mol. The van der Waals surface area contributed by atoms with Gasteiger partial charge in [0.25, 0.3) is 0 Å². The van der Waals surface area contributed by atoms with Crippen LogP contribution in [-0.2, 0) is 27.9 Å². The molecule has 2 heterocycles. The van der Waals surface area contributed by atoms with Gasteiger partial charge in [-0.25, -0.2) is 9.59 Å². The second kappa shape index (κ2) is 11.4. The van der Waals surface area contributed by atoms with Crippen LogP contribution in [0.25, 0.3) is 0 Å². The van der Waals surface area contributed by atoms with Crippen molar-refractivity contribution in [2.24, 2.45) is 5.92 Å². The molecule has 4 atom stereocenters. The Hall–Kier alpha value is -1.27. The molecule has 1 saturated heterocycles. The van der Waals surface area contributed by atoms with Gasteiger partial charge in [0.15, 0.2) is 22.2 Å². The highest BCUT2D eigenvalue weighted by Gasteiger charge is 2.53. The van der Waals surface area contributed by atoms with Crippen molar-refractivity contribution >= 4 is 28.6 Å². The van der Waals surface area contributed by atoms with Crippen molar-refractivity contribution < 1.29 is 27.9 Å². The van der Waals surface area contributed by atoms with Gasteiger partial charge in [0.05, 0.1) is 12.1 Å². The number of ether oxygens (including phenoxy) is 2. The van der Waals surface area contributed by atoms with Crippen molar-refractivity contribution in [2.45, 2.75) is 104 Å². The van der Waals surface area contributed by atoms with E-state index in [9.17, 15) is 9.59 Å². The summed E-state index contributed by atoms with van der Waals surface area (Å²) in [5.74, 6) is -0.801. The zero-order valence-corrected chi connectivity index (χ0v) is 25.7. The molecule has 200 valence electrons. The van der Waals surface area contributed by atoms with Crippen LogP contribution in [0.5, 0.6) is 0 Å². The molecule has 0 N–H and O–H groups in total. The van der Waals surface area contributed by atoms with Crippen LogP contribution in [0.4, 0.5) is 0 Å². The summed E-state index contributed by atoms with van der Waals surface area (Å²) in [7, 11) is -4.08. The van der Waals surface area contributed by atoms with Gasteiger partial charge >= 0.3 is 11.9 Å². The molecule has 0 aromatic rings. The van der Waals surface area contributed by atoms with Crippen molar-refractivity contribution in [3.63, 3.8) is 0 Å². The third-order valence-electron chi connectivity index (χ3n) is 6.58. The van der Waals surface area contributed by atoms with Gasteiger partial charge in [0.1, 0.15) is 12.7 Å². The molecular formula is C26H47NO6Si2. The van der Waals surface area contributed by atoms with Crippen LogP contribution in [-0.4, -0.2) is 77.0 Å². The average molecular weight is 526 g/mol. The van der Waals surface area contributed by atoms with Crippen LogP contribution >= 0.6 is 0 Å². The minimum absolute atomic E-state index is 0.0570.